The van der Waals surface area contributed by atoms with E-state index in [0.717, 1.165) is 134 Å². The van der Waals surface area contributed by atoms with Gasteiger partial charge in [0.2, 0.25) is 0 Å². The topological polar surface area (TPSA) is 314 Å². The van der Waals surface area contributed by atoms with Gasteiger partial charge in [0, 0.05) is 279 Å². The molecule has 7 aliphatic heterocycles. The molecule has 2 aromatic carbocycles. The lowest BCUT2D eigenvalue weighted by molar-refractivity contribution is -0.0630. The highest BCUT2D eigenvalue weighted by Crippen LogP contribution is 2.45. The number of alkyl halides is 8. The van der Waals surface area contributed by atoms with Crippen LogP contribution in [-0.4, -0.2) is 243 Å². The van der Waals surface area contributed by atoms with Crippen LogP contribution in [0.1, 0.15) is 224 Å². The number of hydrogen-bond donors (Lipinski definition) is 7. The average molecular weight is 1930 g/mol. The highest BCUT2D eigenvalue weighted by molar-refractivity contribution is 7.13. The Morgan fingerprint density at radius 3 is 1.04 bits per heavy atom. The van der Waals surface area contributed by atoms with Crippen LogP contribution in [0.25, 0.3) is 0 Å². The second-order valence-electron chi connectivity index (χ2n) is 34.1. The molecule has 7 unspecified atom stereocenters. The van der Waals surface area contributed by atoms with Crippen molar-refractivity contribution in [3.63, 3.8) is 0 Å². The fourth-order valence-electron chi connectivity index (χ4n) is 17.0. The second kappa shape index (κ2) is 51.0. The lowest BCUT2D eigenvalue weighted by Gasteiger charge is -2.36. The van der Waals surface area contributed by atoms with Crippen LogP contribution in [0, 0.1) is 34.6 Å². The molecule has 7 aromatic heterocycles. The molecule has 1 saturated carbocycles. The van der Waals surface area contributed by atoms with Gasteiger partial charge in [0.05, 0.1) is 96.7 Å². The number of hydrogen-bond acceptors (Lipinski definition) is 30. The van der Waals surface area contributed by atoms with Crippen LogP contribution in [0.2, 0.25) is 0 Å². The Balaban J connectivity index is 0.000000146. The lowest BCUT2D eigenvalue weighted by Crippen LogP contribution is -2.43. The van der Waals surface area contributed by atoms with Crippen LogP contribution < -0.4 is 40.1 Å². The SMILES string of the molecule is CCc1ncc(C(CN)N2CCC(F)(F)CC2)s1.Cc1ncc(C(CN)N2CCC(F)(F)CC2)s1.Cc1ncc(C(CN)N2CCC(F)(F)CC2)s1.Cc1ncc(C(CN)N2CCC(OCc3ccccc3)CC2)s1.Cc1ncc(C(CN)N2CCCOCC2)s1.Cc1ncc(C(CN)N2CCc3ccccc3C2)s1.NCC(c1cnc(C2CC2)s1)N1CCC(F)(F)CC1. The standard InChI is InChI=1S/C18H25N3OS.C15H19N3S.C13H19F2N3S.C12H19F2N3S.2C11H17F2N3S.C11H19N3OS/c1-14-20-12-18(23-14)17(11-19)21-9-7-16(8-10-21)22-13-15-5-3-2-4-6-15;1-11-17-9-15(19-11)14(8-16)18-7-6-12-4-2-3-5-13(12)10-18;14-13(15)3-5-18(6-4-13)10(7-16)11-8-17-12(19-11)9-1-2-9;1-2-11-16-8-10(18-11)9(7-15)17-5-3-12(13,14)4-6-17;2*1-8-15-7-10(17-8)9(6-14)16-4-2-11(12,13)3-5-16;1-9-13-8-11(16-9)10(7-12)14-3-2-5-15-6-4-14/h2-6,12,16-17H,7-11,13,19H2,1H3;2-5,9,14H,6-8,10,16H2,1H3;8-10H,1-7,16H2;8-9H,2-7,15H2,1H3;2*7,9H,2-6,14H2,1H3;8,10H,2-7,12H2,1H3. The third-order valence-corrected chi connectivity index (χ3v) is 32.4. The number of benzene rings is 2. The van der Waals surface area contributed by atoms with Gasteiger partial charge < -0.3 is 49.6 Å². The number of aryl methyl sites for hydroxylation is 6. The molecular weight excluding hydrogens is 1800 g/mol. The van der Waals surface area contributed by atoms with Gasteiger partial charge >= 0.3 is 0 Å². The molecule has 9 aromatic rings. The smallest absolute Gasteiger partial charge is 0.250 e. The number of ether oxygens (including phenoxy) is 2. The summed E-state index contributed by atoms with van der Waals surface area (Å²) in [6, 6.07) is 20.2. The summed E-state index contributed by atoms with van der Waals surface area (Å²) in [5.41, 5.74) is 45.3. The van der Waals surface area contributed by atoms with Crippen LogP contribution in [0.4, 0.5) is 35.1 Å². The summed E-state index contributed by atoms with van der Waals surface area (Å²) in [6.45, 7) is 27.7. The molecular formula is C91H135F8N21O2S7. The van der Waals surface area contributed by atoms with Gasteiger partial charge in [-0.05, 0) is 96.3 Å². The number of thiazole rings is 7. The highest BCUT2D eigenvalue weighted by atomic mass is 32.1. The van der Waals surface area contributed by atoms with Crippen molar-refractivity contribution < 1.29 is 44.6 Å². The molecule has 129 heavy (non-hydrogen) atoms. The third kappa shape index (κ3) is 31.9. The molecule has 0 spiro atoms. The first kappa shape index (κ1) is 104. The van der Waals surface area contributed by atoms with Crippen LogP contribution in [0.3, 0.4) is 0 Å². The minimum atomic E-state index is -2.50. The summed E-state index contributed by atoms with van der Waals surface area (Å²) in [7, 11) is 0. The Bertz CT molecular complexity index is 4580. The van der Waals surface area contributed by atoms with Crippen molar-refractivity contribution in [1.29, 1.82) is 0 Å². The van der Waals surface area contributed by atoms with Crippen molar-refractivity contribution in [2.45, 2.75) is 229 Å². The van der Waals surface area contributed by atoms with Gasteiger partial charge in [-0.15, -0.1) is 79.4 Å². The third-order valence-electron chi connectivity index (χ3n) is 24.8. The van der Waals surface area contributed by atoms with Crippen molar-refractivity contribution in [1.82, 2.24) is 69.2 Å². The summed E-state index contributed by atoms with van der Waals surface area (Å²) >= 11 is 11.8. The average Bonchev–Trinajstić information content (AvgIpc) is 1.67. The van der Waals surface area contributed by atoms with E-state index >= 15 is 0 Å². The summed E-state index contributed by atoms with van der Waals surface area (Å²) in [6.07, 6.45) is 20.8. The fourth-order valence-corrected chi connectivity index (χ4v) is 24.0. The van der Waals surface area contributed by atoms with Gasteiger partial charge in [0.1, 0.15) is 0 Å². The van der Waals surface area contributed by atoms with Crippen molar-refractivity contribution in [2.75, 3.05) is 144 Å². The maximum atomic E-state index is 13.2. The van der Waals surface area contributed by atoms with Gasteiger partial charge in [-0.25, -0.2) is 70.0 Å². The first-order valence-corrected chi connectivity index (χ1v) is 51.2. The van der Waals surface area contributed by atoms with Crippen molar-refractivity contribution in [2.24, 2.45) is 40.1 Å². The van der Waals surface area contributed by atoms with Crippen LogP contribution in [0.15, 0.2) is 98.0 Å². The van der Waals surface area contributed by atoms with E-state index in [-0.39, 0.29) is 75.5 Å². The number of likely N-dealkylation sites (tertiary alicyclic amines) is 5. The van der Waals surface area contributed by atoms with E-state index in [1.807, 2.05) is 93.9 Å². The molecule has 0 bridgehead atoms. The highest BCUT2D eigenvalue weighted by Gasteiger charge is 2.42. The summed E-state index contributed by atoms with van der Waals surface area (Å²) in [5.74, 6) is -9.36. The Morgan fingerprint density at radius 2 is 0.690 bits per heavy atom. The maximum absolute atomic E-state index is 13.2. The lowest BCUT2D eigenvalue weighted by atomic mass is 9.98. The van der Waals surface area contributed by atoms with Crippen molar-refractivity contribution in [3.8, 4) is 0 Å². The Hall–Kier alpha value is -5.35. The molecule has 6 saturated heterocycles. The van der Waals surface area contributed by atoms with E-state index in [0.29, 0.717) is 135 Å². The van der Waals surface area contributed by atoms with E-state index in [2.05, 4.69) is 115 Å². The fraction of sp³-hybridized carbons (Fsp3) is 0.637. The largest absolute Gasteiger partial charge is 0.380 e. The molecule has 17 rings (SSSR count). The van der Waals surface area contributed by atoms with Gasteiger partial charge in [0.15, 0.2) is 0 Å². The van der Waals surface area contributed by atoms with Crippen LogP contribution >= 0.6 is 79.4 Å². The van der Waals surface area contributed by atoms with E-state index in [1.54, 1.807) is 79.4 Å². The van der Waals surface area contributed by atoms with Gasteiger partial charge in [0.25, 0.3) is 23.7 Å². The number of nitrogens with two attached hydrogens (primary N) is 7. The van der Waals surface area contributed by atoms with E-state index in [9.17, 15) is 35.1 Å². The van der Waals surface area contributed by atoms with Crippen LogP contribution in [-0.2, 0) is 35.5 Å². The zero-order valence-corrected chi connectivity index (χ0v) is 81.2. The number of halogens is 8. The predicted molar refractivity (Wildman–Crippen MR) is 509 cm³/mol. The number of rotatable bonds is 26. The predicted octanol–water partition coefficient (Wildman–Crippen LogP) is 16.4. The van der Waals surface area contributed by atoms with Crippen molar-refractivity contribution >= 4 is 79.4 Å². The first-order valence-electron chi connectivity index (χ1n) is 45.4. The monoisotopic (exact) mass is 1930 g/mol. The van der Waals surface area contributed by atoms with Gasteiger partial charge in [-0.2, -0.15) is 0 Å². The Labute approximate surface area is 784 Å². The molecule has 0 amide bonds. The van der Waals surface area contributed by atoms with Crippen molar-refractivity contribution in [3.05, 3.63) is 184 Å². The molecule has 1 aliphatic carbocycles. The number of fused-ring (bicyclic) bond motifs is 1. The summed E-state index contributed by atoms with van der Waals surface area (Å²) in [4.78, 5) is 54.1. The second-order valence-corrected chi connectivity index (χ2v) is 42.7. The molecule has 714 valence electrons. The minimum absolute atomic E-state index is 0.0392. The molecule has 8 aliphatic rings. The molecule has 14 heterocycles. The molecule has 14 N–H and O–H groups in total. The summed E-state index contributed by atoms with van der Waals surface area (Å²) in [5, 5.41) is 7.58. The van der Waals surface area contributed by atoms with E-state index in [1.165, 1.54) is 49.2 Å². The molecule has 0 radical (unpaired) electrons. The molecule has 23 nitrogen and oxygen atoms in total. The van der Waals surface area contributed by atoms with Gasteiger partial charge in [-0.3, -0.25) is 34.3 Å². The molecule has 7 fully saturated rings. The number of aromatic nitrogens is 7. The normalized spacial score (nSPS) is 21.1. The quantitative estimate of drug-likeness (QED) is 0.0248. The van der Waals surface area contributed by atoms with Gasteiger partial charge in [-0.1, -0.05) is 61.5 Å². The summed E-state index contributed by atoms with van der Waals surface area (Å²) < 4.78 is 117. The van der Waals surface area contributed by atoms with E-state index < -0.39 is 23.7 Å². The zero-order chi connectivity index (χ0) is 92.3. The minimum Gasteiger partial charge on any atom is -0.380 e. The zero-order valence-electron chi connectivity index (χ0n) is 75.5. The maximum Gasteiger partial charge on any atom is 0.250 e. The molecule has 38 heteroatoms. The van der Waals surface area contributed by atoms with E-state index in [4.69, 9.17) is 49.6 Å². The first-order chi connectivity index (χ1) is 62.0. The van der Waals surface area contributed by atoms with Crippen LogP contribution in [0.5, 0.6) is 0 Å². The number of piperidine rings is 5. The Kier molecular flexibility index (Phi) is 41.2. The number of nitrogens with zero attached hydrogens (tertiary/aromatic N) is 14. The molecule has 7 atom stereocenters. The Morgan fingerprint density at radius 1 is 0.364 bits per heavy atom.